The van der Waals surface area contributed by atoms with E-state index in [0.717, 1.165) is 30.1 Å². The summed E-state index contributed by atoms with van der Waals surface area (Å²) in [6.45, 7) is 2.59. The number of hydrogen-bond acceptors (Lipinski definition) is 5. The second-order valence-corrected chi connectivity index (χ2v) is 6.58. The zero-order chi connectivity index (χ0) is 15.2. The first-order chi connectivity index (χ1) is 10.8. The Kier molecular flexibility index (Phi) is 5.24. The Bertz CT molecular complexity index is 588. The van der Waals surface area contributed by atoms with E-state index in [1.807, 2.05) is 17.5 Å². The van der Waals surface area contributed by atoms with Crippen LogP contribution >= 0.6 is 11.3 Å². The summed E-state index contributed by atoms with van der Waals surface area (Å²) in [4.78, 5) is 17.3. The second-order valence-electron chi connectivity index (χ2n) is 5.63. The van der Waals surface area contributed by atoms with Crippen LogP contribution in [0.25, 0.3) is 10.8 Å². The Labute approximate surface area is 134 Å². The van der Waals surface area contributed by atoms with Crippen molar-refractivity contribution in [2.75, 3.05) is 13.1 Å². The zero-order valence-corrected chi connectivity index (χ0v) is 13.3. The van der Waals surface area contributed by atoms with Gasteiger partial charge in [0.25, 0.3) is 0 Å². The monoisotopic (exact) mass is 319 g/mol. The number of carbonyl (C=O) groups excluding carboxylic acids is 1. The molecule has 0 unspecified atom stereocenters. The van der Waals surface area contributed by atoms with Gasteiger partial charge in [-0.15, -0.1) is 11.3 Å². The van der Waals surface area contributed by atoms with Crippen LogP contribution in [0.15, 0.2) is 28.2 Å². The predicted molar refractivity (Wildman–Crippen MR) is 86.5 cm³/mol. The van der Waals surface area contributed by atoms with Gasteiger partial charge in [-0.3, -0.25) is 4.79 Å². The second kappa shape index (κ2) is 7.56. The number of rotatable bonds is 6. The van der Waals surface area contributed by atoms with E-state index >= 15 is 0 Å². The van der Waals surface area contributed by atoms with E-state index in [1.54, 1.807) is 17.6 Å². The topological polar surface area (TPSA) is 67.2 Å². The number of carbonyl (C=O) groups is 1. The largest absolute Gasteiger partial charge is 0.443 e. The Morgan fingerprint density at radius 1 is 1.45 bits per heavy atom. The third-order valence-corrected chi connectivity index (χ3v) is 4.85. The van der Waals surface area contributed by atoms with Crippen LogP contribution in [0.1, 0.15) is 31.4 Å². The summed E-state index contributed by atoms with van der Waals surface area (Å²) in [7, 11) is 0. The fourth-order valence-corrected chi connectivity index (χ4v) is 3.34. The molecule has 1 amide bonds. The first-order valence-electron chi connectivity index (χ1n) is 7.77. The average molecular weight is 319 g/mol. The number of nitrogens with one attached hydrogen (secondary N) is 2. The Morgan fingerprint density at radius 2 is 2.32 bits per heavy atom. The van der Waals surface area contributed by atoms with E-state index in [1.165, 1.54) is 12.8 Å². The molecule has 1 saturated heterocycles. The molecule has 1 fully saturated rings. The molecule has 0 bridgehead atoms. The van der Waals surface area contributed by atoms with Gasteiger partial charge >= 0.3 is 0 Å². The van der Waals surface area contributed by atoms with Gasteiger partial charge in [0.15, 0.2) is 0 Å². The summed E-state index contributed by atoms with van der Waals surface area (Å²) in [6.07, 6.45) is 5.55. The molecule has 1 aliphatic rings. The van der Waals surface area contributed by atoms with Crippen molar-refractivity contribution in [3.05, 3.63) is 29.5 Å². The van der Waals surface area contributed by atoms with E-state index in [2.05, 4.69) is 15.6 Å². The van der Waals surface area contributed by atoms with Crippen molar-refractivity contribution in [3.8, 4) is 10.8 Å². The van der Waals surface area contributed by atoms with Gasteiger partial charge in [0.05, 0.1) is 17.1 Å². The molecule has 0 aromatic carbocycles. The van der Waals surface area contributed by atoms with Crippen LogP contribution in [0, 0.1) is 5.92 Å². The highest BCUT2D eigenvalue weighted by atomic mass is 32.1. The molecule has 0 saturated carbocycles. The highest BCUT2D eigenvalue weighted by molar-refractivity contribution is 7.13. The molecule has 0 atom stereocenters. The van der Waals surface area contributed by atoms with Gasteiger partial charge in [0.2, 0.25) is 11.8 Å². The molecule has 2 aromatic heterocycles. The molecule has 22 heavy (non-hydrogen) atoms. The average Bonchev–Trinajstić information content (AvgIpc) is 3.22. The normalized spacial score (nSPS) is 15.8. The standard InChI is InChI=1S/C16H21N3O2S/c20-15(4-3-12-5-7-17-8-6-12)18-10-13-11-21-16(19-13)14-2-1-9-22-14/h1-2,9,11-12,17H,3-8,10H2,(H,18,20). The van der Waals surface area contributed by atoms with Gasteiger partial charge in [0.1, 0.15) is 6.26 Å². The summed E-state index contributed by atoms with van der Waals surface area (Å²) in [5.74, 6) is 1.40. The molecule has 2 aromatic rings. The van der Waals surface area contributed by atoms with Crippen LogP contribution in [0.3, 0.4) is 0 Å². The van der Waals surface area contributed by atoms with Crippen molar-refractivity contribution in [1.82, 2.24) is 15.6 Å². The van der Waals surface area contributed by atoms with Crippen molar-refractivity contribution in [1.29, 1.82) is 0 Å². The minimum atomic E-state index is 0.0965. The molecule has 118 valence electrons. The first-order valence-corrected chi connectivity index (χ1v) is 8.65. The maximum atomic E-state index is 11.9. The molecule has 0 spiro atoms. The Balaban J connectivity index is 1.41. The minimum Gasteiger partial charge on any atom is -0.443 e. The maximum absolute atomic E-state index is 11.9. The lowest BCUT2D eigenvalue weighted by Crippen LogP contribution is -2.29. The van der Waals surface area contributed by atoms with Gasteiger partial charge in [0, 0.05) is 6.42 Å². The zero-order valence-electron chi connectivity index (χ0n) is 12.5. The maximum Gasteiger partial charge on any atom is 0.236 e. The molecule has 0 aliphatic carbocycles. The van der Waals surface area contributed by atoms with Gasteiger partial charge in [-0.1, -0.05) is 6.07 Å². The SMILES string of the molecule is O=C(CCC1CCNCC1)NCc1coc(-c2cccs2)n1. The van der Waals surface area contributed by atoms with Gasteiger partial charge in [-0.2, -0.15) is 0 Å². The lowest BCUT2D eigenvalue weighted by Gasteiger charge is -2.22. The fraction of sp³-hybridized carbons (Fsp3) is 0.500. The molecule has 3 rings (SSSR count). The first kappa shape index (κ1) is 15.2. The minimum absolute atomic E-state index is 0.0965. The summed E-state index contributed by atoms with van der Waals surface area (Å²) < 4.78 is 5.44. The summed E-state index contributed by atoms with van der Waals surface area (Å²) >= 11 is 1.59. The van der Waals surface area contributed by atoms with Crippen LogP contribution in [0.5, 0.6) is 0 Å². The molecule has 3 heterocycles. The number of oxazole rings is 1. The van der Waals surface area contributed by atoms with Crippen molar-refractivity contribution in [2.45, 2.75) is 32.2 Å². The molecule has 6 heteroatoms. The number of hydrogen-bond donors (Lipinski definition) is 2. The van der Waals surface area contributed by atoms with Crippen LogP contribution in [0.2, 0.25) is 0 Å². The Hall–Kier alpha value is -1.66. The van der Waals surface area contributed by atoms with E-state index in [4.69, 9.17) is 4.42 Å². The van der Waals surface area contributed by atoms with Gasteiger partial charge < -0.3 is 15.1 Å². The van der Waals surface area contributed by atoms with Crippen LogP contribution in [0.4, 0.5) is 0 Å². The molecule has 0 radical (unpaired) electrons. The predicted octanol–water partition coefficient (Wildman–Crippen LogP) is 2.80. The van der Waals surface area contributed by atoms with Crippen molar-refractivity contribution in [3.63, 3.8) is 0 Å². The van der Waals surface area contributed by atoms with Gasteiger partial charge in [-0.25, -0.2) is 4.98 Å². The van der Waals surface area contributed by atoms with E-state index in [9.17, 15) is 4.79 Å². The van der Waals surface area contributed by atoms with Gasteiger partial charge in [-0.05, 0) is 49.7 Å². The fourth-order valence-electron chi connectivity index (χ4n) is 2.68. The van der Waals surface area contributed by atoms with E-state index in [0.29, 0.717) is 24.8 Å². The smallest absolute Gasteiger partial charge is 0.236 e. The highest BCUT2D eigenvalue weighted by Crippen LogP contribution is 2.23. The quantitative estimate of drug-likeness (QED) is 0.859. The molecular weight excluding hydrogens is 298 g/mol. The number of amides is 1. The Morgan fingerprint density at radius 3 is 3.09 bits per heavy atom. The number of piperidine rings is 1. The van der Waals surface area contributed by atoms with Crippen LogP contribution in [-0.2, 0) is 11.3 Å². The molecule has 2 N–H and O–H groups in total. The van der Waals surface area contributed by atoms with Crippen molar-refractivity contribution in [2.24, 2.45) is 5.92 Å². The summed E-state index contributed by atoms with van der Waals surface area (Å²) in [5.41, 5.74) is 0.763. The van der Waals surface area contributed by atoms with E-state index < -0.39 is 0 Å². The molecule has 5 nitrogen and oxygen atoms in total. The number of nitrogens with zero attached hydrogens (tertiary/aromatic N) is 1. The highest BCUT2D eigenvalue weighted by Gasteiger charge is 2.14. The summed E-state index contributed by atoms with van der Waals surface area (Å²) in [6, 6.07) is 3.93. The van der Waals surface area contributed by atoms with E-state index in [-0.39, 0.29) is 5.91 Å². The molecule has 1 aliphatic heterocycles. The third kappa shape index (κ3) is 4.18. The summed E-state index contributed by atoms with van der Waals surface area (Å²) in [5, 5.41) is 8.26. The number of thiophene rings is 1. The lowest BCUT2D eigenvalue weighted by atomic mass is 9.93. The third-order valence-electron chi connectivity index (χ3n) is 3.99. The lowest BCUT2D eigenvalue weighted by molar-refractivity contribution is -0.121. The van der Waals surface area contributed by atoms with Crippen LogP contribution in [-0.4, -0.2) is 24.0 Å². The number of aromatic nitrogens is 1. The van der Waals surface area contributed by atoms with Crippen molar-refractivity contribution >= 4 is 17.2 Å². The van der Waals surface area contributed by atoms with Crippen LogP contribution < -0.4 is 10.6 Å². The van der Waals surface area contributed by atoms with Crippen molar-refractivity contribution < 1.29 is 9.21 Å². The molecular formula is C16H21N3O2S.